The van der Waals surface area contributed by atoms with E-state index in [-0.39, 0.29) is 22.8 Å². The van der Waals surface area contributed by atoms with E-state index in [4.69, 9.17) is 0 Å². The molecule has 31 heavy (non-hydrogen) atoms. The van der Waals surface area contributed by atoms with Crippen LogP contribution < -0.4 is 9.62 Å². The molecule has 0 heterocycles. The minimum atomic E-state index is -3.92. The minimum absolute atomic E-state index is 0.00205. The maximum atomic E-state index is 13.3. The lowest BCUT2D eigenvalue weighted by Crippen LogP contribution is -2.31. The molecule has 7 heteroatoms. The summed E-state index contributed by atoms with van der Waals surface area (Å²) in [6, 6.07) is 21.0. The predicted octanol–water partition coefficient (Wildman–Crippen LogP) is 4.52. The second kappa shape index (κ2) is 9.40. The Hall–Kier alpha value is -3.71. The average molecular weight is 435 g/mol. The van der Waals surface area contributed by atoms with Crippen molar-refractivity contribution < 1.29 is 18.0 Å². The summed E-state index contributed by atoms with van der Waals surface area (Å²) in [7, 11) is -3.92. The Morgan fingerprint density at radius 3 is 2.23 bits per heavy atom. The van der Waals surface area contributed by atoms with E-state index >= 15 is 0 Å². The van der Waals surface area contributed by atoms with Gasteiger partial charge in [-0.2, -0.15) is 0 Å². The summed E-state index contributed by atoms with van der Waals surface area (Å²) >= 11 is 0. The van der Waals surface area contributed by atoms with Gasteiger partial charge in [0.25, 0.3) is 15.9 Å². The number of sulfonamides is 1. The molecule has 0 fully saturated rings. The van der Waals surface area contributed by atoms with Gasteiger partial charge in [0.05, 0.1) is 17.1 Å². The molecule has 0 spiro atoms. The zero-order valence-corrected chi connectivity index (χ0v) is 17.8. The molecule has 0 aliphatic carbocycles. The van der Waals surface area contributed by atoms with Gasteiger partial charge in [-0.15, -0.1) is 6.58 Å². The highest BCUT2D eigenvalue weighted by Crippen LogP contribution is 2.24. The van der Waals surface area contributed by atoms with Gasteiger partial charge in [-0.05, 0) is 61.5 Å². The second-order valence-electron chi connectivity index (χ2n) is 6.78. The van der Waals surface area contributed by atoms with Crippen molar-refractivity contribution in [1.82, 2.24) is 0 Å². The Morgan fingerprint density at radius 1 is 0.935 bits per heavy atom. The van der Waals surface area contributed by atoms with E-state index in [2.05, 4.69) is 11.9 Å². The van der Waals surface area contributed by atoms with Crippen molar-refractivity contribution in [1.29, 1.82) is 0 Å². The lowest BCUT2D eigenvalue weighted by molar-refractivity contribution is 0.101. The molecular formula is C24H22N2O4S. The van der Waals surface area contributed by atoms with Crippen LogP contribution in [-0.4, -0.2) is 26.7 Å². The molecule has 0 saturated carbocycles. The lowest BCUT2D eigenvalue weighted by Gasteiger charge is -2.23. The van der Waals surface area contributed by atoms with E-state index in [1.807, 2.05) is 0 Å². The SMILES string of the molecule is C=CCN(c1ccccc1)S(=O)(=O)c1cccc(C(=O)Nc2ccc(C(C)=O)cc2)c1. The van der Waals surface area contributed by atoms with E-state index in [1.165, 1.54) is 35.5 Å². The summed E-state index contributed by atoms with van der Waals surface area (Å²) in [4.78, 5) is 24.1. The molecule has 3 aromatic rings. The molecule has 6 nitrogen and oxygen atoms in total. The molecule has 0 radical (unpaired) electrons. The minimum Gasteiger partial charge on any atom is -0.322 e. The molecular weight excluding hydrogens is 412 g/mol. The molecule has 1 N–H and O–H groups in total. The van der Waals surface area contributed by atoms with Gasteiger partial charge in [0.2, 0.25) is 0 Å². The van der Waals surface area contributed by atoms with Crippen LogP contribution in [0.25, 0.3) is 0 Å². The van der Waals surface area contributed by atoms with Gasteiger partial charge in [0, 0.05) is 16.8 Å². The summed E-state index contributed by atoms with van der Waals surface area (Å²) in [6.07, 6.45) is 1.51. The van der Waals surface area contributed by atoms with Crippen LogP contribution in [0.15, 0.2) is 96.4 Å². The largest absolute Gasteiger partial charge is 0.322 e. The number of ketones is 1. The summed E-state index contributed by atoms with van der Waals surface area (Å²) < 4.78 is 27.8. The average Bonchev–Trinajstić information content (AvgIpc) is 2.78. The highest BCUT2D eigenvalue weighted by molar-refractivity contribution is 7.92. The predicted molar refractivity (Wildman–Crippen MR) is 122 cm³/mol. The Labute approximate surface area is 181 Å². The Kier molecular flexibility index (Phi) is 6.67. The molecule has 0 aliphatic rings. The molecule has 0 atom stereocenters. The quantitative estimate of drug-likeness (QED) is 0.417. The Balaban J connectivity index is 1.88. The van der Waals surface area contributed by atoms with Crippen molar-refractivity contribution in [3.63, 3.8) is 0 Å². The molecule has 0 unspecified atom stereocenters. The number of nitrogens with zero attached hydrogens (tertiary/aromatic N) is 1. The van der Waals surface area contributed by atoms with Crippen LogP contribution in [-0.2, 0) is 10.0 Å². The number of carbonyl (C=O) groups excluding carboxylic acids is 2. The summed E-state index contributed by atoms with van der Waals surface area (Å²) in [5, 5.41) is 2.71. The molecule has 158 valence electrons. The molecule has 3 aromatic carbocycles. The number of benzene rings is 3. The van der Waals surface area contributed by atoms with E-state index < -0.39 is 15.9 Å². The first-order valence-corrected chi connectivity index (χ1v) is 11.0. The van der Waals surface area contributed by atoms with E-state index in [9.17, 15) is 18.0 Å². The summed E-state index contributed by atoms with van der Waals surface area (Å²) in [5.41, 5.74) is 1.74. The van der Waals surface area contributed by atoms with Crippen LogP contribution in [0.2, 0.25) is 0 Å². The van der Waals surface area contributed by atoms with Crippen LogP contribution in [0.4, 0.5) is 11.4 Å². The van der Waals surface area contributed by atoms with Gasteiger partial charge in [-0.25, -0.2) is 8.42 Å². The number of rotatable bonds is 8. The molecule has 0 aliphatic heterocycles. The molecule has 3 rings (SSSR count). The number of hydrogen-bond acceptors (Lipinski definition) is 4. The van der Waals surface area contributed by atoms with Gasteiger partial charge in [0.1, 0.15) is 0 Å². The molecule has 0 bridgehead atoms. The Morgan fingerprint density at radius 2 is 1.61 bits per heavy atom. The number of Topliss-reactive ketones (excluding diaryl/α,β-unsaturated/α-hetero) is 1. The van der Waals surface area contributed by atoms with E-state index in [0.29, 0.717) is 16.9 Å². The van der Waals surface area contributed by atoms with Crippen molar-refractivity contribution in [3.05, 3.63) is 103 Å². The number of para-hydroxylation sites is 1. The third-order valence-corrected chi connectivity index (χ3v) is 6.36. The van der Waals surface area contributed by atoms with E-state index in [1.54, 1.807) is 60.7 Å². The number of amides is 1. The lowest BCUT2D eigenvalue weighted by atomic mass is 10.1. The van der Waals surface area contributed by atoms with E-state index in [0.717, 1.165) is 0 Å². The van der Waals surface area contributed by atoms with Crippen molar-refractivity contribution in [2.24, 2.45) is 0 Å². The Bertz CT molecular complexity index is 1200. The first-order valence-electron chi connectivity index (χ1n) is 9.54. The monoisotopic (exact) mass is 434 g/mol. The number of hydrogen-bond donors (Lipinski definition) is 1. The van der Waals surface area contributed by atoms with Crippen LogP contribution in [0, 0.1) is 0 Å². The van der Waals surface area contributed by atoms with Crippen LogP contribution in [0.1, 0.15) is 27.6 Å². The van der Waals surface area contributed by atoms with Gasteiger partial charge in [-0.3, -0.25) is 13.9 Å². The summed E-state index contributed by atoms with van der Waals surface area (Å²) in [5.74, 6) is -0.527. The normalized spacial score (nSPS) is 10.9. The topological polar surface area (TPSA) is 83.6 Å². The zero-order valence-electron chi connectivity index (χ0n) is 17.0. The maximum Gasteiger partial charge on any atom is 0.264 e. The smallest absolute Gasteiger partial charge is 0.264 e. The van der Waals surface area contributed by atoms with Crippen molar-refractivity contribution in [2.45, 2.75) is 11.8 Å². The molecule has 1 amide bonds. The fourth-order valence-electron chi connectivity index (χ4n) is 2.97. The van der Waals surface area contributed by atoms with Gasteiger partial charge in [0.15, 0.2) is 5.78 Å². The van der Waals surface area contributed by atoms with Crippen molar-refractivity contribution >= 4 is 33.1 Å². The zero-order chi connectivity index (χ0) is 22.4. The van der Waals surface area contributed by atoms with Crippen LogP contribution in [0.5, 0.6) is 0 Å². The standard InChI is InChI=1S/C24H22N2O4S/c1-3-16-26(22-9-5-4-6-10-22)31(29,30)23-11-7-8-20(17-23)24(28)25-21-14-12-19(13-15-21)18(2)27/h3-15,17H,1,16H2,2H3,(H,25,28). The fraction of sp³-hybridized carbons (Fsp3) is 0.0833. The first kappa shape index (κ1) is 22.0. The number of anilines is 2. The second-order valence-corrected chi connectivity index (χ2v) is 8.64. The van der Waals surface area contributed by atoms with Crippen molar-refractivity contribution in [2.75, 3.05) is 16.2 Å². The first-order chi connectivity index (χ1) is 14.8. The fourth-order valence-corrected chi connectivity index (χ4v) is 4.45. The van der Waals surface area contributed by atoms with Gasteiger partial charge in [-0.1, -0.05) is 30.3 Å². The molecule has 0 saturated heterocycles. The highest BCUT2D eigenvalue weighted by Gasteiger charge is 2.24. The van der Waals surface area contributed by atoms with Crippen LogP contribution >= 0.6 is 0 Å². The maximum absolute atomic E-state index is 13.3. The van der Waals surface area contributed by atoms with Crippen molar-refractivity contribution in [3.8, 4) is 0 Å². The molecule has 0 aromatic heterocycles. The van der Waals surface area contributed by atoms with Gasteiger partial charge >= 0.3 is 0 Å². The highest BCUT2D eigenvalue weighted by atomic mass is 32.2. The van der Waals surface area contributed by atoms with Gasteiger partial charge < -0.3 is 5.32 Å². The van der Waals surface area contributed by atoms with Crippen LogP contribution in [0.3, 0.4) is 0 Å². The number of carbonyl (C=O) groups is 2. The third-order valence-electron chi connectivity index (χ3n) is 4.57. The number of nitrogens with one attached hydrogen (secondary N) is 1. The summed E-state index contributed by atoms with van der Waals surface area (Å²) in [6.45, 7) is 5.20. The third kappa shape index (κ3) is 5.07.